The number of hydrogen-bond acceptors (Lipinski definition) is 0. The Morgan fingerprint density at radius 1 is 1.38 bits per heavy atom. The topological polar surface area (TPSA) is 0 Å². The molecule has 0 fully saturated rings. The largest absolute Gasteiger partial charge is 0.0922 e. The van der Waals surface area contributed by atoms with Crippen LogP contribution in [0, 0.1) is 0 Å². The summed E-state index contributed by atoms with van der Waals surface area (Å²) in [7, 11) is 0. The van der Waals surface area contributed by atoms with Gasteiger partial charge in [0, 0.05) is 5.33 Å². The van der Waals surface area contributed by atoms with Crippen molar-refractivity contribution >= 4 is 15.9 Å². The zero-order valence-electron chi connectivity index (χ0n) is 8.02. The van der Waals surface area contributed by atoms with Gasteiger partial charge in [-0.1, -0.05) is 41.1 Å². The van der Waals surface area contributed by atoms with Gasteiger partial charge in [0.2, 0.25) is 0 Å². The van der Waals surface area contributed by atoms with Crippen molar-refractivity contribution in [2.24, 2.45) is 0 Å². The van der Waals surface area contributed by atoms with E-state index in [4.69, 9.17) is 0 Å². The summed E-state index contributed by atoms with van der Waals surface area (Å²) in [4.78, 5) is 0. The molecule has 0 aromatic heterocycles. The predicted octanol–water partition coefficient (Wildman–Crippen LogP) is 3.67. The Bertz CT molecular complexity index is 304. The van der Waals surface area contributed by atoms with E-state index in [0.717, 1.165) is 5.33 Å². The molecule has 0 bridgehead atoms. The van der Waals surface area contributed by atoms with Crippen LogP contribution in [-0.4, -0.2) is 5.33 Å². The Morgan fingerprint density at radius 2 is 2.23 bits per heavy atom. The molecule has 70 valence electrons. The Labute approximate surface area is 88.5 Å². The first-order valence-corrected chi connectivity index (χ1v) is 6.11. The van der Waals surface area contributed by atoms with E-state index >= 15 is 0 Å². The molecule has 2 rings (SSSR count). The van der Waals surface area contributed by atoms with Crippen LogP contribution in [0.25, 0.3) is 0 Å². The van der Waals surface area contributed by atoms with Crippen molar-refractivity contribution < 1.29 is 0 Å². The molecule has 1 aromatic rings. The molecular weight excluding hydrogens is 224 g/mol. The zero-order valence-corrected chi connectivity index (χ0v) is 9.60. The van der Waals surface area contributed by atoms with E-state index in [1.807, 2.05) is 0 Å². The first-order valence-electron chi connectivity index (χ1n) is 4.99. The van der Waals surface area contributed by atoms with Gasteiger partial charge < -0.3 is 0 Å². The summed E-state index contributed by atoms with van der Waals surface area (Å²) in [5, 5.41) is 1.07. The zero-order chi connectivity index (χ0) is 9.26. The third-order valence-corrected chi connectivity index (χ3v) is 3.92. The van der Waals surface area contributed by atoms with Crippen molar-refractivity contribution in [3.8, 4) is 0 Å². The standard InChI is InChI=1S/C12H15Br/c1-9(8-13)11-6-2-4-10-5-3-7-12(10)11/h2,4,6,9H,3,5,7-8H2,1H3. The Balaban J connectivity index is 2.41. The lowest BCUT2D eigenvalue weighted by atomic mass is 9.95. The van der Waals surface area contributed by atoms with Gasteiger partial charge in [0.05, 0.1) is 0 Å². The molecule has 13 heavy (non-hydrogen) atoms. The van der Waals surface area contributed by atoms with Crippen LogP contribution in [0.2, 0.25) is 0 Å². The van der Waals surface area contributed by atoms with Crippen LogP contribution < -0.4 is 0 Å². The van der Waals surface area contributed by atoms with Crippen LogP contribution in [0.5, 0.6) is 0 Å². The minimum atomic E-state index is 0.660. The highest BCUT2D eigenvalue weighted by molar-refractivity contribution is 9.09. The molecule has 0 spiro atoms. The first-order chi connectivity index (χ1) is 6.33. The van der Waals surface area contributed by atoms with Crippen LogP contribution in [-0.2, 0) is 12.8 Å². The molecule has 1 unspecified atom stereocenters. The van der Waals surface area contributed by atoms with Crippen LogP contribution in [0.15, 0.2) is 18.2 Å². The van der Waals surface area contributed by atoms with E-state index in [2.05, 4.69) is 41.1 Å². The summed E-state index contributed by atoms with van der Waals surface area (Å²) >= 11 is 3.56. The lowest BCUT2D eigenvalue weighted by Crippen LogP contribution is -1.99. The van der Waals surface area contributed by atoms with E-state index in [9.17, 15) is 0 Å². The quantitative estimate of drug-likeness (QED) is 0.690. The monoisotopic (exact) mass is 238 g/mol. The summed E-state index contributed by atoms with van der Waals surface area (Å²) in [5.41, 5.74) is 4.78. The molecule has 0 nitrogen and oxygen atoms in total. The molecule has 1 atom stereocenters. The summed E-state index contributed by atoms with van der Waals surface area (Å²) in [6.45, 7) is 2.29. The van der Waals surface area contributed by atoms with Crippen molar-refractivity contribution in [2.75, 3.05) is 5.33 Å². The minimum absolute atomic E-state index is 0.660. The lowest BCUT2D eigenvalue weighted by molar-refractivity contribution is 0.854. The molecule has 1 aliphatic rings. The maximum Gasteiger partial charge on any atom is 0.00976 e. The second-order valence-corrected chi connectivity index (χ2v) is 4.54. The summed E-state index contributed by atoms with van der Waals surface area (Å²) < 4.78 is 0. The third-order valence-electron chi connectivity index (χ3n) is 2.94. The van der Waals surface area contributed by atoms with Crippen molar-refractivity contribution in [3.05, 3.63) is 34.9 Å². The smallest absolute Gasteiger partial charge is 0.00976 e. The lowest BCUT2D eigenvalue weighted by Gasteiger charge is -2.13. The van der Waals surface area contributed by atoms with E-state index in [1.54, 1.807) is 16.7 Å². The van der Waals surface area contributed by atoms with Crippen LogP contribution in [0.4, 0.5) is 0 Å². The maximum absolute atomic E-state index is 3.56. The molecule has 0 saturated heterocycles. The number of hydrogen-bond donors (Lipinski definition) is 0. The van der Waals surface area contributed by atoms with Gasteiger partial charge in [-0.25, -0.2) is 0 Å². The second kappa shape index (κ2) is 3.83. The maximum atomic E-state index is 3.56. The van der Waals surface area contributed by atoms with E-state index in [0.29, 0.717) is 5.92 Å². The molecule has 1 heteroatoms. The van der Waals surface area contributed by atoms with Gasteiger partial charge in [0.25, 0.3) is 0 Å². The van der Waals surface area contributed by atoms with E-state index < -0.39 is 0 Å². The third kappa shape index (κ3) is 1.67. The van der Waals surface area contributed by atoms with E-state index in [1.165, 1.54) is 19.3 Å². The van der Waals surface area contributed by atoms with Gasteiger partial charge in [-0.3, -0.25) is 0 Å². The SMILES string of the molecule is CC(CBr)c1cccc2c1CCC2. The van der Waals surface area contributed by atoms with Crippen molar-refractivity contribution in [1.82, 2.24) is 0 Å². The summed E-state index contributed by atoms with van der Waals surface area (Å²) in [5.74, 6) is 0.660. The molecule has 0 saturated carbocycles. The highest BCUT2D eigenvalue weighted by atomic mass is 79.9. The molecule has 0 heterocycles. The highest BCUT2D eigenvalue weighted by Gasteiger charge is 2.16. The van der Waals surface area contributed by atoms with Crippen LogP contribution in [0.3, 0.4) is 0 Å². The summed E-state index contributed by atoms with van der Waals surface area (Å²) in [6.07, 6.45) is 3.93. The molecule has 1 aliphatic carbocycles. The number of benzene rings is 1. The molecule has 0 N–H and O–H groups in total. The fourth-order valence-electron chi connectivity index (χ4n) is 2.19. The van der Waals surface area contributed by atoms with Gasteiger partial charge in [0.15, 0.2) is 0 Å². The average Bonchev–Trinajstić information content (AvgIpc) is 2.63. The summed E-state index contributed by atoms with van der Waals surface area (Å²) in [6, 6.07) is 6.78. The number of rotatable bonds is 2. The fraction of sp³-hybridized carbons (Fsp3) is 0.500. The number of aryl methyl sites for hydroxylation is 1. The molecule has 0 aliphatic heterocycles. The van der Waals surface area contributed by atoms with Crippen LogP contribution >= 0.6 is 15.9 Å². The Hall–Kier alpha value is -0.300. The van der Waals surface area contributed by atoms with Gasteiger partial charge >= 0.3 is 0 Å². The van der Waals surface area contributed by atoms with Gasteiger partial charge in [-0.15, -0.1) is 0 Å². The van der Waals surface area contributed by atoms with Crippen LogP contribution in [0.1, 0.15) is 36.0 Å². The van der Waals surface area contributed by atoms with Crippen molar-refractivity contribution in [3.63, 3.8) is 0 Å². The molecule has 1 aromatic carbocycles. The first kappa shape index (κ1) is 9.26. The normalized spacial score (nSPS) is 17.1. The highest BCUT2D eigenvalue weighted by Crippen LogP contribution is 2.30. The van der Waals surface area contributed by atoms with Gasteiger partial charge in [-0.05, 0) is 41.9 Å². The minimum Gasteiger partial charge on any atom is -0.0922 e. The second-order valence-electron chi connectivity index (χ2n) is 3.89. The Morgan fingerprint density at radius 3 is 3.00 bits per heavy atom. The number of halogens is 1. The Kier molecular flexibility index (Phi) is 2.73. The van der Waals surface area contributed by atoms with Gasteiger partial charge in [-0.2, -0.15) is 0 Å². The van der Waals surface area contributed by atoms with Gasteiger partial charge in [0.1, 0.15) is 0 Å². The van der Waals surface area contributed by atoms with Crippen molar-refractivity contribution in [2.45, 2.75) is 32.1 Å². The molecular formula is C12H15Br. The number of fused-ring (bicyclic) bond motifs is 1. The molecule has 0 radical (unpaired) electrons. The average molecular weight is 239 g/mol. The number of alkyl halides is 1. The molecule has 0 amide bonds. The predicted molar refractivity (Wildman–Crippen MR) is 60.7 cm³/mol. The van der Waals surface area contributed by atoms with E-state index in [-0.39, 0.29) is 0 Å². The fourth-order valence-corrected chi connectivity index (χ4v) is 2.54. The van der Waals surface area contributed by atoms with Crippen molar-refractivity contribution in [1.29, 1.82) is 0 Å².